The van der Waals surface area contributed by atoms with Crippen LogP contribution in [0.1, 0.15) is 74.2 Å². The molecule has 0 atom stereocenters. The number of unbranched alkanes of at least 4 members (excludes halogenated alkanes) is 2. The second kappa shape index (κ2) is 11.9. The predicted octanol–water partition coefficient (Wildman–Crippen LogP) is 7.37. The Labute approximate surface area is 209 Å². The number of carbonyl (C=O) groups is 1. The number of amides is 1. The number of anilines is 2. The van der Waals surface area contributed by atoms with Crippen molar-refractivity contribution in [1.82, 2.24) is 4.90 Å². The molecule has 5 heteroatoms. The van der Waals surface area contributed by atoms with E-state index in [0.717, 1.165) is 43.1 Å². The van der Waals surface area contributed by atoms with E-state index in [1.165, 1.54) is 54.2 Å². The zero-order valence-corrected chi connectivity index (χ0v) is 21.8. The van der Waals surface area contributed by atoms with Gasteiger partial charge in [-0.3, -0.25) is 4.79 Å². The highest BCUT2D eigenvalue weighted by Gasteiger charge is 2.21. The van der Waals surface area contributed by atoms with Crippen LogP contribution < -0.4 is 10.2 Å². The van der Waals surface area contributed by atoms with Gasteiger partial charge < -0.3 is 15.1 Å². The second-order valence-corrected chi connectivity index (χ2v) is 10.6. The third kappa shape index (κ3) is 6.00. The summed E-state index contributed by atoms with van der Waals surface area (Å²) < 4.78 is 1.30. The van der Waals surface area contributed by atoms with Crippen LogP contribution in [0, 0.1) is 0 Å². The lowest BCUT2D eigenvalue weighted by molar-refractivity contribution is 0.102. The van der Waals surface area contributed by atoms with Gasteiger partial charge in [0.05, 0.1) is 0 Å². The van der Waals surface area contributed by atoms with Crippen LogP contribution in [-0.4, -0.2) is 44.0 Å². The summed E-state index contributed by atoms with van der Waals surface area (Å²) in [6.07, 6.45) is 7.10. The summed E-state index contributed by atoms with van der Waals surface area (Å²) in [5.41, 5.74) is 4.20. The van der Waals surface area contributed by atoms with Crippen LogP contribution in [0.4, 0.5) is 11.4 Å². The van der Waals surface area contributed by atoms with E-state index in [0.29, 0.717) is 5.92 Å². The molecule has 0 radical (unpaired) electrons. The van der Waals surface area contributed by atoms with Crippen LogP contribution in [0.5, 0.6) is 0 Å². The van der Waals surface area contributed by atoms with Gasteiger partial charge in [0.15, 0.2) is 0 Å². The first kappa shape index (κ1) is 24.7. The van der Waals surface area contributed by atoms with Gasteiger partial charge >= 0.3 is 0 Å². The van der Waals surface area contributed by atoms with Crippen molar-refractivity contribution < 1.29 is 4.79 Å². The summed E-state index contributed by atoms with van der Waals surface area (Å²) in [6.45, 7) is 8.84. The third-order valence-electron chi connectivity index (χ3n) is 7.06. The zero-order chi connectivity index (χ0) is 23.9. The topological polar surface area (TPSA) is 35.6 Å². The minimum Gasteiger partial charge on any atom is -0.372 e. The highest BCUT2D eigenvalue weighted by atomic mass is 32.1. The third-order valence-corrected chi connectivity index (χ3v) is 8.04. The van der Waals surface area contributed by atoms with Crippen molar-refractivity contribution in [3.63, 3.8) is 0 Å². The Morgan fingerprint density at radius 3 is 2.50 bits per heavy atom. The largest absolute Gasteiger partial charge is 0.372 e. The van der Waals surface area contributed by atoms with E-state index in [2.05, 4.69) is 59.6 Å². The minimum absolute atomic E-state index is 0.0387. The van der Waals surface area contributed by atoms with Crippen molar-refractivity contribution >= 4 is 38.7 Å². The first-order valence-corrected chi connectivity index (χ1v) is 13.8. The zero-order valence-electron chi connectivity index (χ0n) is 21.0. The number of nitrogens with one attached hydrogen (secondary N) is 1. The van der Waals surface area contributed by atoms with Gasteiger partial charge in [-0.05, 0) is 104 Å². The molecule has 0 unspecified atom stereocenters. The highest BCUT2D eigenvalue weighted by molar-refractivity contribution is 7.17. The summed E-state index contributed by atoms with van der Waals surface area (Å²) in [5.74, 6) is 0.577. The number of fused-ring (bicyclic) bond motifs is 1. The molecule has 4 rings (SSSR count). The normalized spacial score (nSPS) is 15.0. The standard InChI is InChI=1S/C29H39N3OS/c1-4-6-15-32(16-7-5-2)25-10-8-9-23(19-25)29(33)30-24-11-12-28-26(20-24)27(21-34-28)22-13-17-31(3)18-14-22/h8-12,19-22H,4-7,13-18H2,1-3H3,(H,30,33). The molecule has 1 saturated heterocycles. The molecule has 0 spiro atoms. The van der Waals surface area contributed by atoms with Gasteiger partial charge in [0.2, 0.25) is 0 Å². The highest BCUT2D eigenvalue weighted by Crippen LogP contribution is 2.37. The molecule has 4 nitrogen and oxygen atoms in total. The lowest BCUT2D eigenvalue weighted by Crippen LogP contribution is -2.29. The smallest absolute Gasteiger partial charge is 0.255 e. The van der Waals surface area contributed by atoms with Gasteiger partial charge in [-0.15, -0.1) is 11.3 Å². The average Bonchev–Trinajstić information content (AvgIpc) is 3.28. The summed E-state index contributed by atoms with van der Waals surface area (Å²) in [5, 5.41) is 6.80. The first-order chi connectivity index (χ1) is 16.6. The monoisotopic (exact) mass is 477 g/mol. The maximum Gasteiger partial charge on any atom is 0.255 e. The molecule has 1 fully saturated rings. The molecular weight excluding hydrogens is 438 g/mol. The van der Waals surface area contributed by atoms with E-state index in [-0.39, 0.29) is 5.91 Å². The fourth-order valence-corrected chi connectivity index (χ4v) is 5.90. The number of hydrogen-bond donors (Lipinski definition) is 1. The van der Waals surface area contributed by atoms with Crippen molar-refractivity contribution in [1.29, 1.82) is 0 Å². The lowest BCUT2D eigenvalue weighted by Gasteiger charge is -2.28. The number of thiophene rings is 1. The second-order valence-electron chi connectivity index (χ2n) is 9.68. The van der Waals surface area contributed by atoms with Gasteiger partial charge in [-0.25, -0.2) is 0 Å². The van der Waals surface area contributed by atoms with Crippen molar-refractivity contribution in [2.75, 3.05) is 43.4 Å². The number of hydrogen-bond acceptors (Lipinski definition) is 4. The quantitative estimate of drug-likeness (QED) is 0.331. The van der Waals surface area contributed by atoms with Gasteiger partial charge in [0.25, 0.3) is 5.91 Å². The van der Waals surface area contributed by atoms with Crippen molar-refractivity contribution in [2.24, 2.45) is 0 Å². The first-order valence-electron chi connectivity index (χ1n) is 12.9. The molecule has 1 aromatic heterocycles. The SMILES string of the molecule is CCCCN(CCCC)c1cccc(C(=O)Nc2ccc3scc(C4CCN(C)CC4)c3c2)c1. The number of rotatable bonds is 10. The molecular formula is C29H39N3OS. The molecule has 0 aliphatic carbocycles. The number of likely N-dealkylation sites (tertiary alicyclic amines) is 1. The maximum atomic E-state index is 13.2. The summed E-state index contributed by atoms with van der Waals surface area (Å²) in [7, 11) is 2.21. The number of nitrogens with zero attached hydrogens (tertiary/aromatic N) is 2. The van der Waals surface area contributed by atoms with E-state index < -0.39 is 0 Å². The summed E-state index contributed by atoms with van der Waals surface area (Å²) in [6, 6.07) is 14.5. The van der Waals surface area contributed by atoms with E-state index in [1.807, 2.05) is 35.6 Å². The van der Waals surface area contributed by atoms with Gasteiger partial charge in [0.1, 0.15) is 0 Å². The molecule has 34 heavy (non-hydrogen) atoms. The molecule has 1 aliphatic heterocycles. The van der Waals surface area contributed by atoms with Crippen LogP contribution in [0.25, 0.3) is 10.1 Å². The Bertz CT molecular complexity index is 1080. The molecule has 1 amide bonds. The van der Waals surface area contributed by atoms with E-state index in [4.69, 9.17) is 0 Å². The van der Waals surface area contributed by atoms with Crippen molar-refractivity contribution in [3.05, 3.63) is 59.0 Å². The molecule has 182 valence electrons. The molecule has 3 aromatic rings. The fraction of sp³-hybridized carbons (Fsp3) is 0.483. The van der Waals surface area contributed by atoms with Crippen LogP contribution in [0.3, 0.4) is 0 Å². The molecule has 2 heterocycles. The molecule has 2 aromatic carbocycles. The molecule has 1 aliphatic rings. The molecule has 0 bridgehead atoms. The minimum atomic E-state index is -0.0387. The maximum absolute atomic E-state index is 13.2. The van der Waals surface area contributed by atoms with Gasteiger partial charge in [0, 0.05) is 34.7 Å². The van der Waals surface area contributed by atoms with E-state index >= 15 is 0 Å². The Hall–Kier alpha value is -2.37. The van der Waals surface area contributed by atoms with Crippen molar-refractivity contribution in [3.8, 4) is 0 Å². The predicted molar refractivity (Wildman–Crippen MR) is 148 cm³/mol. The molecule has 0 saturated carbocycles. The van der Waals surface area contributed by atoms with Crippen LogP contribution in [-0.2, 0) is 0 Å². The van der Waals surface area contributed by atoms with Crippen LogP contribution >= 0.6 is 11.3 Å². The lowest BCUT2D eigenvalue weighted by atomic mass is 9.89. The Morgan fingerprint density at radius 1 is 1.06 bits per heavy atom. The molecule has 1 N–H and O–H groups in total. The Balaban J connectivity index is 1.50. The summed E-state index contributed by atoms with van der Waals surface area (Å²) >= 11 is 1.82. The van der Waals surface area contributed by atoms with E-state index in [1.54, 1.807) is 0 Å². The van der Waals surface area contributed by atoms with Gasteiger partial charge in [-0.2, -0.15) is 0 Å². The Kier molecular flexibility index (Phi) is 8.63. The Morgan fingerprint density at radius 2 is 1.79 bits per heavy atom. The van der Waals surface area contributed by atoms with Crippen LogP contribution in [0.15, 0.2) is 47.8 Å². The van der Waals surface area contributed by atoms with E-state index in [9.17, 15) is 4.79 Å². The number of carbonyl (C=O) groups excluding carboxylic acids is 1. The average molecular weight is 478 g/mol. The number of benzene rings is 2. The summed E-state index contributed by atoms with van der Waals surface area (Å²) in [4.78, 5) is 18.0. The van der Waals surface area contributed by atoms with Crippen molar-refractivity contribution in [2.45, 2.75) is 58.3 Å². The fourth-order valence-electron chi connectivity index (χ4n) is 4.88. The van der Waals surface area contributed by atoms with Gasteiger partial charge in [-0.1, -0.05) is 32.8 Å². The number of piperidine rings is 1. The van der Waals surface area contributed by atoms with Crippen LogP contribution in [0.2, 0.25) is 0 Å².